The molecule has 3 saturated heterocycles. The van der Waals surface area contributed by atoms with Gasteiger partial charge in [-0.3, -0.25) is 43.2 Å². The second-order valence-corrected chi connectivity index (χ2v) is 21.7. The van der Waals surface area contributed by atoms with Crippen molar-refractivity contribution in [3.05, 3.63) is 29.8 Å². The van der Waals surface area contributed by atoms with Crippen LogP contribution in [0, 0.1) is 23.7 Å². The normalized spacial score (nSPS) is 26.7. The molecule has 3 aliphatic rings. The number of rotatable bonds is 15. The summed E-state index contributed by atoms with van der Waals surface area (Å²) in [7, 11) is 4.31. The molecule has 0 unspecified atom stereocenters. The Balaban J connectivity index is 1.87. The zero-order valence-corrected chi connectivity index (χ0v) is 46.2. The lowest BCUT2D eigenvalue weighted by molar-refractivity contribution is -0.162. The summed E-state index contributed by atoms with van der Waals surface area (Å²) in [4.78, 5) is 146. The molecule has 4 rings (SSSR count). The molecular weight excluding hydrogens is 971 g/mol. The van der Waals surface area contributed by atoms with Crippen molar-refractivity contribution in [1.82, 2.24) is 35.6 Å². The van der Waals surface area contributed by atoms with E-state index in [1.807, 2.05) is 27.7 Å². The highest BCUT2D eigenvalue weighted by atomic mass is 16.6. The van der Waals surface area contributed by atoms with Crippen LogP contribution in [0.3, 0.4) is 0 Å². The third-order valence-electron chi connectivity index (χ3n) is 14.6. The van der Waals surface area contributed by atoms with Crippen LogP contribution in [0.5, 0.6) is 5.75 Å². The number of likely N-dealkylation sites (tertiary alicyclic amines) is 1. The fraction of sp³-hybridized carbons (Fsp3) is 0.704. The number of ketones is 1. The van der Waals surface area contributed by atoms with Crippen LogP contribution in [0.1, 0.15) is 126 Å². The first-order chi connectivity index (χ1) is 35.2. The zero-order chi connectivity index (χ0) is 56.2. The molecule has 0 aliphatic carbocycles. The monoisotopic (exact) mass is 1050 g/mol. The molecule has 0 bridgehead atoms. The van der Waals surface area contributed by atoms with Crippen LogP contribution < -0.4 is 20.7 Å². The number of fused-ring (bicyclic) bond motifs is 1. The Bertz CT molecular complexity index is 2220. The molecule has 0 aromatic heterocycles. The second kappa shape index (κ2) is 27.6. The van der Waals surface area contributed by atoms with E-state index in [1.54, 1.807) is 52.0 Å². The standard InChI is InChI=1S/C54H83N7O14/c1-14-32(8)44-42(63)28-43(64)75-46(31(6)7)49(67)55-37(25-29(2)3)51(69)61-24-16-18-39(61)53(71)59(12)41(27-35-19-21-36(73-13)22-20-35)54(72)74-34(10)45(48(66)56-44)57-47(65)40(26-30(4)5)58(11)52(70)38-17-15-23-60(38)50(68)33(9)62/h19-22,29-32,34,37-42,44-46,63H,14-18,23-28H2,1-13H3,(H,55,67)(H,56,66)(H,57,65)/t32-,34-,37-,38-,39-,40+,41-,42-,44-,45+,46-/m0/s1. The number of likely N-dealkylation sites (N-methyl/N-ethyl adjacent to an activating group) is 2. The average molecular weight is 1050 g/mol. The van der Waals surface area contributed by atoms with Gasteiger partial charge in [-0.25, -0.2) is 4.79 Å². The van der Waals surface area contributed by atoms with Crippen LogP contribution in [0.15, 0.2) is 24.3 Å². The molecule has 3 fully saturated rings. The predicted molar refractivity (Wildman–Crippen MR) is 275 cm³/mol. The van der Waals surface area contributed by atoms with Gasteiger partial charge in [0.05, 0.1) is 25.7 Å². The minimum Gasteiger partial charge on any atom is -0.497 e. The molecule has 11 atom stereocenters. The first-order valence-electron chi connectivity index (χ1n) is 26.5. The average Bonchev–Trinajstić information content (AvgIpc) is 4.06. The largest absolute Gasteiger partial charge is 0.497 e. The van der Waals surface area contributed by atoms with Gasteiger partial charge in [-0.1, -0.05) is 73.9 Å². The first kappa shape index (κ1) is 61.4. The number of cyclic esters (lactones) is 2. The number of benzene rings is 1. The highest BCUT2D eigenvalue weighted by Crippen LogP contribution is 2.27. The Kier molecular flexibility index (Phi) is 22.6. The molecule has 0 saturated carbocycles. The van der Waals surface area contributed by atoms with E-state index in [1.165, 1.54) is 47.7 Å². The minimum atomic E-state index is -1.74. The van der Waals surface area contributed by atoms with Gasteiger partial charge in [0.1, 0.15) is 48.1 Å². The van der Waals surface area contributed by atoms with E-state index < -0.39 is 138 Å². The van der Waals surface area contributed by atoms with E-state index >= 15 is 0 Å². The van der Waals surface area contributed by atoms with Gasteiger partial charge in [0.2, 0.25) is 35.3 Å². The molecule has 1 aromatic carbocycles. The number of aliphatic hydroxyl groups is 1. The molecular formula is C54H83N7O14. The van der Waals surface area contributed by atoms with Crippen LogP contribution in [-0.2, 0) is 63.8 Å². The molecule has 0 spiro atoms. The lowest BCUT2D eigenvalue weighted by atomic mass is 9.92. The smallest absolute Gasteiger partial charge is 0.329 e. The maximum Gasteiger partial charge on any atom is 0.329 e. The van der Waals surface area contributed by atoms with E-state index in [9.17, 15) is 53.1 Å². The Hall–Kier alpha value is -6.12. The third-order valence-corrected chi connectivity index (χ3v) is 14.6. The van der Waals surface area contributed by atoms with Gasteiger partial charge < -0.3 is 54.9 Å². The molecule has 3 aliphatic heterocycles. The van der Waals surface area contributed by atoms with Crippen molar-refractivity contribution in [2.45, 2.75) is 188 Å². The van der Waals surface area contributed by atoms with Crippen molar-refractivity contribution in [1.29, 1.82) is 0 Å². The van der Waals surface area contributed by atoms with Gasteiger partial charge in [0, 0.05) is 40.5 Å². The Morgan fingerprint density at radius 1 is 0.880 bits per heavy atom. The lowest BCUT2D eigenvalue weighted by Gasteiger charge is -2.36. The maximum absolute atomic E-state index is 14.9. The van der Waals surface area contributed by atoms with Gasteiger partial charge in [-0.05, 0) is 86.8 Å². The first-order valence-corrected chi connectivity index (χ1v) is 26.5. The van der Waals surface area contributed by atoms with Gasteiger partial charge >= 0.3 is 11.9 Å². The summed E-state index contributed by atoms with van der Waals surface area (Å²) < 4.78 is 17.2. The third kappa shape index (κ3) is 16.0. The molecule has 7 amide bonds. The van der Waals surface area contributed by atoms with Crippen molar-refractivity contribution in [3.63, 3.8) is 0 Å². The zero-order valence-electron chi connectivity index (χ0n) is 46.2. The van der Waals surface area contributed by atoms with E-state index in [4.69, 9.17) is 14.2 Å². The van der Waals surface area contributed by atoms with Crippen molar-refractivity contribution in [3.8, 4) is 5.75 Å². The topological polar surface area (TPSA) is 268 Å². The molecule has 21 nitrogen and oxygen atoms in total. The second-order valence-electron chi connectivity index (χ2n) is 21.7. The summed E-state index contributed by atoms with van der Waals surface area (Å²) in [6.07, 6.45) is -3.34. The van der Waals surface area contributed by atoms with E-state index in [-0.39, 0.29) is 57.0 Å². The number of nitrogens with zero attached hydrogens (tertiary/aromatic N) is 4. The number of esters is 2. The van der Waals surface area contributed by atoms with Crippen LogP contribution in [0.4, 0.5) is 0 Å². The van der Waals surface area contributed by atoms with E-state index in [0.717, 1.165) is 6.92 Å². The summed E-state index contributed by atoms with van der Waals surface area (Å²) in [6.45, 7) is 17.0. The number of amides is 7. The number of hydrogen-bond donors (Lipinski definition) is 4. The summed E-state index contributed by atoms with van der Waals surface area (Å²) in [5, 5.41) is 20.1. The quantitative estimate of drug-likeness (QED) is 0.145. The summed E-state index contributed by atoms with van der Waals surface area (Å²) in [6, 6.07) is -1.98. The maximum atomic E-state index is 14.9. The number of carbonyl (C=O) groups excluding carboxylic acids is 10. The fourth-order valence-corrected chi connectivity index (χ4v) is 10.0. The highest BCUT2D eigenvalue weighted by molar-refractivity contribution is 6.35. The highest BCUT2D eigenvalue weighted by Gasteiger charge is 2.45. The van der Waals surface area contributed by atoms with Gasteiger partial charge in [-0.2, -0.15) is 0 Å². The Morgan fingerprint density at radius 2 is 1.52 bits per heavy atom. The molecule has 0 radical (unpaired) electrons. The number of methoxy groups -OCH3 is 1. The number of hydrogen-bond acceptors (Lipinski definition) is 14. The van der Waals surface area contributed by atoms with Crippen LogP contribution in [0.2, 0.25) is 0 Å². The number of nitrogens with one attached hydrogen (secondary N) is 3. The summed E-state index contributed by atoms with van der Waals surface area (Å²) in [5.41, 5.74) is 0.592. The van der Waals surface area contributed by atoms with Crippen LogP contribution >= 0.6 is 0 Å². The molecule has 3 heterocycles. The fourth-order valence-electron chi connectivity index (χ4n) is 10.0. The van der Waals surface area contributed by atoms with E-state index in [2.05, 4.69) is 16.0 Å². The number of carbonyl (C=O) groups is 10. The molecule has 1 aromatic rings. The lowest BCUT2D eigenvalue weighted by Crippen LogP contribution is -2.62. The van der Waals surface area contributed by atoms with Gasteiger partial charge in [0.15, 0.2) is 6.10 Å². The van der Waals surface area contributed by atoms with E-state index in [0.29, 0.717) is 30.6 Å². The van der Waals surface area contributed by atoms with Gasteiger partial charge in [-0.15, -0.1) is 0 Å². The molecule has 75 heavy (non-hydrogen) atoms. The molecule has 21 heteroatoms. The summed E-state index contributed by atoms with van der Waals surface area (Å²) >= 11 is 0. The SMILES string of the molecule is CC[C@H](C)[C@@H]1NC(=O)[C@H](NC(=O)[C@@H](CC(C)C)N(C)C(=O)[C@@H]2CCCN2C(=O)C(C)=O)[C@H](C)OC(=O)[C@H](Cc2ccc(OC)cc2)N(C)C(=O)[C@@H]2CCCN2C(=O)[C@H](CC(C)C)NC(=O)[C@H](C(C)C)OC(=O)C[C@@H]1O. The molecule has 4 N–H and O–H groups in total. The van der Waals surface area contributed by atoms with Crippen molar-refractivity contribution < 1.29 is 67.3 Å². The summed E-state index contributed by atoms with van der Waals surface area (Å²) in [5.74, 6) is -8.67. The van der Waals surface area contributed by atoms with Gasteiger partial charge in [0.25, 0.3) is 11.8 Å². The number of ether oxygens (including phenoxy) is 3. The van der Waals surface area contributed by atoms with Crippen molar-refractivity contribution >= 4 is 59.1 Å². The molecule has 418 valence electrons. The van der Waals surface area contributed by atoms with Crippen molar-refractivity contribution in [2.75, 3.05) is 34.3 Å². The van der Waals surface area contributed by atoms with Crippen LogP contribution in [0.25, 0.3) is 0 Å². The number of aliphatic hydroxyl groups excluding tert-OH is 1. The minimum absolute atomic E-state index is 0.0748. The van der Waals surface area contributed by atoms with Crippen LogP contribution in [-0.4, -0.2) is 179 Å². The van der Waals surface area contributed by atoms with Crippen molar-refractivity contribution in [2.24, 2.45) is 23.7 Å². The predicted octanol–water partition coefficient (Wildman–Crippen LogP) is 2.32. The number of Topliss-reactive ketones (excluding diaryl/α,β-unsaturated/α-hetero) is 1. The Labute approximate surface area is 441 Å². The Morgan fingerprint density at radius 3 is 2.09 bits per heavy atom.